The molecule has 160 valence electrons. The van der Waals surface area contributed by atoms with Crippen LogP contribution in [0.2, 0.25) is 0 Å². The van der Waals surface area contributed by atoms with Gasteiger partial charge in [0, 0.05) is 25.0 Å². The zero-order valence-electron chi connectivity index (χ0n) is 18.2. The third-order valence-electron chi connectivity index (χ3n) is 6.94. The lowest BCUT2D eigenvalue weighted by atomic mass is 9.88. The predicted molar refractivity (Wildman–Crippen MR) is 122 cm³/mol. The van der Waals surface area contributed by atoms with Crippen LogP contribution in [0.5, 0.6) is 0 Å². The van der Waals surface area contributed by atoms with E-state index in [2.05, 4.69) is 0 Å². The predicted octanol–water partition coefficient (Wildman–Crippen LogP) is 5.36. The van der Waals surface area contributed by atoms with Crippen LogP contribution in [0.15, 0.2) is 41.2 Å². The standard InChI is InChI=1S/C26H34N2O2/c1-27(22-15-9-5-10-16-22)25(29)23-18-21-14-8-2-3-11-17-24(21)28(26(23)30)19-20-12-6-4-7-13-20/h5,9-10,15-16,18,20H,2-4,6-8,11-14,17,19H2,1H3. The van der Waals surface area contributed by atoms with Gasteiger partial charge in [-0.2, -0.15) is 0 Å². The third kappa shape index (κ3) is 4.53. The molecule has 0 spiro atoms. The topological polar surface area (TPSA) is 42.3 Å². The quantitative estimate of drug-likeness (QED) is 0.685. The Balaban J connectivity index is 1.74. The molecule has 1 aromatic carbocycles. The second-order valence-corrected chi connectivity index (χ2v) is 9.06. The van der Waals surface area contributed by atoms with E-state index >= 15 is 0 Å². The number of amides is 1. The van der Waals surface area contributed by atoms with Gasteiger partial charge in [0.15, 0.2) is 0 Å². The van der Waals surface area contributed by atoms with E-state index < -0.39 is 0 Å². The number of hydrogen-bond acceptors (Lipinski definition) is 2. The average molecular weight is 407 g/mol. The number of anilines is 1. The van der Waals surface area contributed by atoms with Gasteiger partial charge in [-0.05, 0) is 68.2 Å². The molecule has 2 aliphatic rings. The molecule has 2 aliphatic carbocycles. The summed E-state index contributed by atoms with van der Waals surface area (Å²) < 4.78 is 2.00. The van der Waals surface area contributed by atoms with Crippen molar-refractivity contribution in [3.05, 3.63) is 63.6 Å². The SMILES string of the molecule is CN(C(=O)c1cc2c(n(CC3CCCCC3)c1=O)CCCCCC2)c1ccccc1. The Bertz CT molecular complexity index is 926. The smallest absolute Gasteiger partial charge is 0.263 e. The largest absolute Gasteiger partial charge is 0.311 e. The van der Waals surface area contributed by atoms with Crippen LogP contribution in [-0.4, -0.2) is 17.5 Å². The summed E-state index contributed by atoms with van der Waals surface area (Å²) in [5.41, 5.74) is 3.47. The Labute approximate surface area is 179 Å². The minimum absolute atomic E-state index is 0.0901. The van der Waals surface area contributed by atoms with Crippen LogP contribution < -0.4 is 10.5 Å². The number of rotatable bonds is 4. The Morgan fingerprint density at radius 3 is 2.37 bits per heavy atom. The van der Waals surface area contributed by atoms with Crippen LogP contribution in [0.3, 0.4) is 0 Å². The van der Waals surface area contributed by atoms with Gasteiger partial charge >= 0.3 is 0 Å². The molecule has 0 bridgehead atoms. The molecule has 4 rings (SSSR count). The highest BCUT2D eigenvalue weighted by molar-refractivity contribution is 6.05. The number of carbonyl (C=O) groups excluding carboxylic acids is 1. The zero-order chi connectivity index (χ0) is 20.9. The maximum atomic E-state index is 13.6. The Kier molecular flexibility index (Phi) is 6.71. The molecule has 0 radical (unpaired) electrons. The molecule has 2 aromatic rings. The molecule has 0 atom stereocenters. The van der Waals surface area contributed by atoms with Gasteiger partial charge in [-0.15, -0.1) is 0 Å². The number of para-hydroxylation sites is 1. The number of pyridine rings is 1. The highest BCUT2D eigenvalue weighted by Crippen LogP contribution is 2.27. The van der Waals surface area contributed by atoms with Crippen LogP contribution in [0.1, 0.15) is 79.4 Å². The van der Waals surface area contributed by atoms with Gasteiger partial charge in [0.2, 0.25) is 0 Å². The average Bonchev–Trinajstić information content (AvgIpc) is 2.77. The van der Waals surface area contributed by atoms with E-state index in [0.717, 1.165) is 37.9 Å². The maximum Gasteiger partial charge on any atom is 0.263 e. The van der Waals surface area contributed by atoms with Crippen molar-refractivity contribution < 1.29 is 4.79 Å². The van der Waals surface area contributed by atoms with Gasteiger partial charge in [0.05, 0.1) is 0 Å². The first-order valence-corrected chi connectivity index (χ1v) is 11.7. The minimum atomic E-state index is -0.201. The summed E-state index contributed by atoms with van der Waals surface area (Å²) in [5.74, 6) is 0.358. The van der Waals surface area contributed by atoms with Gasteiger partial charge in [0.25, 0.3) is 11.5 Å². The van der Waals surface area contributed by atoms with E-state index in [9.17, 15) is 9.59 Å². The Hall–Kier alpha value is -2.36. The molecule has 4 heteroatoms. The Morgan fingerprint density at radius 2 is 1.63 bits per heavy atom. The van der Waals surface area contributed by atoms with Crippen LogP contribution in [0, 0.1) is 5.92 Å². The highest BCUT2D eigenvalue weighted by atomic mass is 16.2. The van der Waals surface area contributed by atoms with Crippen LogP contribution >= 0.6 is 0 Å². The molecule has 0 saturated heterocycles. The maximum absolute atomic E-state index is 13.6. The van der Waals surface area contributed by atoms with E-state index in [1.54, 1.807) is 11.9 Å². The fraction of sp³-hybridized carbons (Fsp3) is 0.538. The van der Waals surface area contributed by atoms with Gasteiger partial charge in [0.1, 0.15) is 5.56 Å². The van der Waals surface area contributed by atoms with Gasteiger partial charge in [-0.25, -0.2) is 0 Å². The van der Waals surface area contributed by atoms with Crippen molar-refractivity contribution in [3.8, 4) is 0 Å². The summed E-state index contributed by atoms with van der Waals surface area (Å²) in [5, 5.41) is 0. The van der Waals surface area contributed by atoms with E-state index in [0.29, 0.717) is 11.5 Å². The molecule has 0 N–H and O–H groups in total. The van der Waals surface area contributed by atoms with Crippen molar-refractivity contribution in [2.75, 3.05) is 11.9 Å². The van der Waals surface area contributed by atoms with E-state index in [1.807, 2.05) is 41.0 Å². The van der Waals surface area contributed by atoms with E-state index in [-0.39, 0.29) is 11.5 Å². The monoisotopic (exact) mass is 406 g/mol. The number of fused-ring (bicyclic) bond motifs is 1. The fourth-order valence-electron chi connectivity index (χ4n) is 5.16. The number of benzene rings is 1. The summed E-state index contributed by atoms with van der Waals surface area (Å²) in [7, 11) is 1.76. The molecule has 0 unspecified atom stereocenters. The molecular weight excluding hydrogens is 372 g/mol. The Morgan fingerprint density at radius 1 is 0.967 bits per heavy atom. The zero-order valence-corrected chi connectivity index (χ0v) is 18.2. The number of aromatic nitrogens is 1. The van der Waals surface area contributed by atoms with Crippen molar-refractivity contribution in [3.63, 3.8) is 0 Å². The third-order valence-corrected chi connectivity index (χ3v) is 6.94. The molecule has 1 fully saturated rings. The van der Waals surface area contributed by atoms with Gasteiger partial charge in [-0.1, -0.05) is 50.3 Å². The molecule has 1 heterocycles. The van der Waals surface area contributed by atoms with Crippen LogP contribution in [0.4, 0.5) is 5.69 Å². The molecule has 0 aliphatic heterocycles. The number of nitrogens with zero attached hydrogens (tertiary/aromatic N) is 2. The van der Waals surface area contributed by atoms with Crippen LogP contribution in [-0.2, 0) is 19.4 Å². The summed E-state index contributed by atoms with van der Waals surface area (Å²) in [4.78, 5) is 28.6. The van der Waals surface area contributed by atoms with E-state index in [4.69, 9.17) is 0 Å². The summed E-state index contributed by atoms with van der Waals surface area (Å²) in [6.07, 6.45) is 12.9. The fourth-order valence-corrected chi connectivity index (χ4v) is 5.16. The summed E-state index contributed by atoms with van der Waals surface area (Å²) in [6.45, 7) is 0.775. The second-order valence-electron chi connectivity index (χ2n) is 9.06. The van der Waals surface area contributed by atoms with Crippen molar-refractivity contribution in [2.45, 2.75) is 77.2 Å². The molecular formula is C26H34N2O2. The van der Waals surface area contributed by atoms with Crippen molar-refractivity contribution in [1.29, 1.82) is 0 Å². The molecule has 1 aromatic heterocycles. The van der Waals surface area contributed by atoms with Crippen molar-refractivity contribution >= 4 is 11.6 Å². The summed E-state index contributed by atoms with van der Waals surface area (Å²) >= 11 is 0. The van der Waals surface area contributed by atoms with Crippen molar-refractivity contribution in [1.82, 2.24) is 4.57 Å². The second kappa shape index (κ2) is 9.63. The summed E-state index contributed by atoms with van der Waals surface area (Å²) in [6, 6.07) is 11.5. The molecule has 1 saturated carbocycles. The first-order chi connectivity index (χ1) is 14.6. The first-order valence-electron chi connectivity index (χ1n) is 11.7. The lowest BCUT2D eigenvalue weighted by molar-refractivity contribution is 0.0990. The lowest BCUT2D eigenvalue weighted by Gasteiger charge is -2.27. The van der Waals surface area contributed by atoms with Gasteiger partial charge in [-0.3, -0.25) is 9.59 Å². The van der Waals surface area contributed by atoms with E-state index in [1.165, 1.54) is 56.2 Å². The van der Waals surface area contributed by atoms with Crippen molar-refractivity contribution in [2.24, 2.45) is 5.92 Å². The highest BCUT2D eigenvalue weighted by Gasteiger charge is 2.25. The first kappa shape index (κ1) is 20.9. The minimum Gasteiger partial charge on any atom is -0.311 e. The van der Waals surface area contributed by atoms with Crippen LogP contribution in [0.25, 0.3) is 0 Å². The number of carbonyl (C=O) groups is 1. The lowest BCUT2D eigenvalue weighted by Crippen LogP contribution is -2.37. The van der Waals surface area contributed by atoms with Gasteiger partial charge < -0.3 is 9.47 Å². The number of aryl methyl sites for hydroxylation is 1. The molecule has 1 amide bonds. The molecule has 30 heavy (non-hydrogen) atoms. The number of hydrogen-bond donors (Lipinski definition) is 0. The molecule has 4 nitrogen and oxygen atoms in total. The normalized spacial score (nSPS) is 17.6.